The fourth-order valence-electron chi connectivity index (χ4n) is 2.28. The largest absolute Gasteiger partial charge is 0.497 e. The molecule has 4 nitrogen and oxygen atoms in total. The molecule has 1 atom stereocenters. The summed E-state index contributed by atoms with van der Waals surface area (Å²) in [4.78, 5) is 11.6. The Balaban J connectivity index is 2.30. The summed E-state index contributed by atoms with van der Waals surface area (Å²) in [7, 11) is 3.10. The quantitative estimate of drug-likeness (QED) is 0.880. The van der Waals surface area contributed by atoms with Crippen LogP contribution in [0.2, 0.25) is 5.02 Å². The second-order valence-corrected chi connectivity index (χ2v) is 5.25. The first-order valence-electron chi connectivity index (χ1n) is 6.74. The lowest BCUT2D eigenvalue weighted by molar-refractivity contribution is -0.138. The third-order valence-electron chi connectivity index (χ3n) is 3.45. The summed E-state index contributed by atoms with van der Waals surface area (Å²) in [5, 5.41) is 9.93. The van der Waals surface area contributed by atoms with Crippen molar-refractivity contribution in [1.29, 1.82) is 0 Å². The zero-order valence-corrected chi connectivity index (χ0v) is 13.1. The Labute approximate surface area is 134 Å². The minimum absolute atomic E-state index is 0.356. The van der Waals surface area contributed by atoms with E-state index in [0.717, 1.165) is 5.56 Å². The van der Waals surface area contributed by atoms with Crippen LogP contribution in [0.25, 0.3) is 0 Å². The molecule has 0 bridgehead atoms. The van der Waals surface area contributed by atoms with Crippen molar-refractivity contribution in [2.24, 2.45) is 0 Å². The Kier molecular flexibility index (Phi) is 5.28. The Morgan fingerprint density at radius 3 is 2.55 bits per heavy atom. The van der Waals surface area contributed by atoms with E-state index in [4.69, 9.17) is 21.1 Å². The van der Waals surface area contributed by atoms with Gasteiger partial charge in [0, 0.05) is 0 Å². The molecular weight excluding hydrogens is 304 g/mol. The van der Waals surface area contributed by atoms with Crippen molar-refractivity contribution >= 4 is 17.6 Å². The van der Waals surface area contributed by atoms with Gasteiger partial charge in [-0.2, -0.15) is 0 Å². The van der Waals surface area contributed by atoms with Crippen molar-refractivity contribution in [3.63, 3.8) is 0 Å². The third-order valence-corrected chi connectivity index (χ3v) is 3.75. The standard InChI is InChI=1S/C17H17ClO4/c1-21-13-5-3-4-11(8-13)9-14(17(19)20)12-6-7-16(22-2)15(18)10-12/h3-8,10,14H,9H2,1-2H3,(H,19,20). The minimum Gasteiger partial charge on any atom is -0.497 e. The van der Waals surface area contributed by atoms with E-state index in [0.29, 0.717) is 28.5 Å². The molecule has 0 saturated heterocycles. The Hall–Kier alpha value is -2.20. The van der Waals surface area contributed by atoms with Crippen LogP contribution < -0.4 is 9.47 Å². The molecular formula is C17H17ClO4. The average molecular weight is 321 g/mol. The number of carbonyl (C=O) groups is 1. The van der Waals surface area contributed by atoms with E-state index in [1.807, 2.05) is 24.3 Å². The minimum atomic E-state index is -0.899. The van der Waals surface area contributed by atoms with Crippen LogP contribution in [0.15, 0.2) is 42.5 Å². The van der Waals surface area contributed by atoms with E-state index in [9.17, 15) is 9.90 Å². The molecule has 0 spiro atoms. The summed E-state index contributed by atoms with van der Waals surface area (Å²) < 4.78 is 10.3. The summed E-state index contributed by atoms with van der Waals surface area (Å²) in [6.07, 6.45) is 0.356. The van der Waals surface area contributed by atoms with E-state index in [-0.39, 0.29) is 0 Å². The predicted molar refractivity (Wildman–Crippen MR) is 85.1 cm³/mol. The first-order valence-corrected chi connectivity index (χ1v) is 7.12. The normalized spacial score (nSPS) is 11.8. The van der Waals surface area contributed by atoms with E-state index in [2.05, 4.69) is 0 Å². The van der Waals surface area contributed by atoms with Crippen molar-refractivity contribution in [2.45, 2.75) is 12.3 Å². The fraction of sp³-hybridized carbons (Fsp3) is 0.235. The number of hydrogen-bond acceptors (Lipinski definition) is 3. The molecule has 2 rings (SSSR count). The van der Waals surface area contributed by atoms with Gasteiger partial charge in [-0.05, 0) is 41.8 Å². The number of carboxylic acid groups (broad SMARTS) is 1. The first-order chi connectivity index (χ1) is 10.5. The molecule has 0 amide bonds. The number of ether oxygens (including phenoxy) is 2. The van der Waals surface area contributed by atoms with Gasteiger partial charge in [0.25, 0.3) is 0 Å². The van der Waals surface area contributed by atoms with Crippen LogP contribution in [0.4, 0.5) is 0 Å². The van der Waals surface area contributed by atoms with Crippen molar-refractivity contribution in [3.05, 3.63) is 58.6 Å². The van der Waals surface area contributed by atoms with Crippen molar-refractivity contribution in [1.82, 2.24) is 0 Å². The molecule has 116 valence electrons. The van der Waals surface area contributed by atoms with Crippen LogP contribution >= 0.6 is 11.6 Å². The van der Waals surface area contributed by atoms with E-state index < -0.39 is 11.9 Å². The molecule has 2 aromatic carbocycles. The summed E-state index contributed by atoms with van der Waals surface area (Å²) in [6.45, 7) is 0. The average Bonchev–Trinajstić information content (AvgIpc) is 2.52. The van der Waals surface area contributed by atoms with Crippen LogP contribution in [0.3, 0.4) is 0 Å². The molecule has 0 radical (unpaired) electrons. The number of halogens is 1. The fourth-order valence-corrected chi connectivity index (χ4v) is 2.55. The highest BCUT2D eigenvalue weighted by atomic mass is 35.5. The van der Waals surface area contributed by atoms with Gasteiger partial charge in [-0.3, -0.25) is 4.79 Å². The maximum absolute atomic E-state index is 11.6. The highest BCUT2D eigenvalue weighted by Crippen LogP contribution is 2.30. The maximum Gasteiger partial charge on any atom is 0.311 e. The van der Waals surface area contributed by atoms with Gasteiger partial charge in [0.1, 0.15) is 11.5 Å². The highest BCUT2D eigenvalue weighted by molar-refractivity contribution is 6.32. The van der Waals surface area contributed by atoms with Gasteiger partial charge in [0.15, 0.2) is 0 Å². The van der Waals surface area contributed by atoms with Gasteiger partial charge in [-0.15, -0.1) is 0 Å². The van der Waals surface area contributed by atoms with E-state index in [1.54, 1.807) is 25.3 Å². The predicted octanol–water partition coefficient (Wildman–Crippen LogP) is 3.77. The molecule has 0 saturated carbocycles. The van der Waals surface area contributed by atoms with Gasteiger partial charge >= 0.3 is 5.97 Å². The SMILES string of the molecule is COc1cccc(CC(C(=O)O)c2ccc(OC)c(Cl)c2)c1. The molecule has 1 unspecified atom stereocenters. The van der Waals surface area contributed by atoms with Crippen LogP contribution in [0, 0.1) is 0 Å². The zero-order valence-electron chi connectivity index (χ0n) is 12.4. The van der Waals surface area contributed by atoms with Gasteiger partial charge in [-0.25, -0.2) is 0 Å². The zero-order chi connectivity index (χ0) is 16.1. The molecule has 0 aromatic heterocycles. The Bertz CT molecular complexity index is 669. The summed E-state index contributed by atoms with van der Waals surface area (Å²) >= 11 is 6.09. The van der Waals surface area contributed by atoms with E-state index >= 15 is 0 Å². The van der Waals surface area contributed by atoms with Gasteiger partial charge in [0.05, 0.1) is 25.2 Å². The highest BCUT2D eigenvalue weighted by Gasteiger charge is 2.21. The molecule has 2 aromatic rings. The number of carboxylic acids is 1. The number of hydrogen-bond donors (Lipinski definition) is 1. The molecule has 0 aliphatic carbocycles. The van der Waals surface area contributed by atoms with E-state index in [1.165, 1.54) is 7.11 Å². The molecule has 0 fully saturated rings. The molecule has 0 aliphatic rings. The third kappa shape index (κ3) is 3.71. The molecule has 0 aliphatic heterocycles. The lowest BCUT2D eigenvalue weighted by Crippen LogP contribution is -2.14. The van der Waals surface area contributed by atoms with Crippen LogP contribution in [0.1, 0.15) is 17.0 Å². The van der Waals surface area contributed by atoms with Gasteiger partial charge < -0.3 is 14.6 Å². The number of rotatable bonds is 6. The summed E-state index contributed by atoms with van der Waals surface area (Å²) in [5.74, 6) is -0.357. The van der Waals surface area contributed by atoms with Gasteiger partial charge in [0.2, 0.25) is 0 Å². The maximum atomic E-state index is 11.6. The molecule has 0 heterocycles. The monoisotopic (exact) mass is 320 g/mol. The van der Waals surface area contributed by atoms with Crippen LogP contribution in [-0.2, 0) is 11.2 Å². The number of aliphatic carboxylic acids is 1. The molecule has 1 N–H and O–H groups in total. The van der Waals surface area contributed by atoms with Crippen molar-refractivity contribution in [2.75, 3.05) is 14.2 Å². The smallest absolute Gasteiger partial charge is 0.311 e. The lowest BCUT2D eigenvalue weighted by atomic mass is 9.92. The molecule has 5 heteroatoms. The second-order valence-electron chi connectivity index (χ2n) is 4.84. The first kappa shape index (κ1) is 16.2. The molecule has 22 heavy (non-hydrogen) atoms. The summed E-state index contributed by atoms with van der Waals surface area (Å²) in [6, 6.07) is 12.4. The lowest BCUT2D eigenvalue weighted by Gasteiger charge is -2.15. The van der Waals surface area contributed by atoms with Crippen molar-refractivity contribution in [3.8, 4) is 11.5 Å². The van der Waals surface area contributed by atoms with Crippen molar-refractivity contribution < 1.29 is 19.4 Å². The van der Waals surface area contributed by atoms with Crippen LogP contribution in [-0.4, -0.2) is 25.3 Å². The van der Waals surface area contributed by atoms with Gasteiger partial charge in [-0.1, -0.05) is 29.8 Å². The van der Waals surface area contributed by atoms with Crippen LogP contribution in [0.5, 0.6) is 11.5 Å². The summed E-state index contributed by atoms with van der Waals surface area (Å²) in [5.41, 5.74) is 1.53. The second kappa shape index (κ2) is 7.18. The topological polar surface area (TPSA) is 55.8 Å². The number of methoxy groups -OCH3 is 2. The Morgan fingerprint density at radius 1 is 1.18 bits per heavy atom. The number of benzene rings is 2. The Morgan fingerprint density at radius 2 is 1.95 bits per heavy atom.